The molecule has 6 nitrogen and oxygen atoms in total. The smallest absolute Gasteiger partial charge is 0.258 e. The van der Waals surface area contributed by atoms with Gasteiger partial charge in [-0.05, 0) is 44.4 Å². The van der Waals surface area contributed by atoms with Gasteiger partial charge in [-0.3, -0.25) is 4.79 Å². The highest BCUT2D eigenvalue weighted by atomic mass is 19.1. The summed E-state index contributed by atoms with van der Waals surface area (Å²) in [5.74, 6) is 0.640. The summed E-state index contributed by atoms with van der Waals surface area (Å²) < 4.78 is 18.8. The number of anilines is 1. The maximum atomic E-state index is 13.2. The zero-order valence-corrected chi connectivity index (χ0v) is 15.5. The third-order valence-electron chi connectivity index (χ3n) is 4.98. The summed E-state index contributed by atoms with van der Waals surface area (Å²) in [4.78, 5) is 23.3. The van der Waals surface area contributed by atoms with Gasteiger partial charge < -0.3 is 14.6 Å². The number of hydrogen-bond acceptors (Lipinski definition) is 5. The summed E-state index contributed by atoms with van der Waals surface area (Å²) in [7, 11) is 1.71. The second-order valence-corrected chi connectivity index (χ2v) is 7.41. The van der Waals surface area contributed by atoms with Crippen molar-refractivity contribution in [2.75, 3.05) is 12.4 Å². The SMILES string of the molecule is Cc1oc2ncnc(NC3(C)CC3)c2c1C(=O)N(C)Cc1ccc(F)cc1. The number of nitrogens with one attached hydrogen (secondary N) is 1. The highest BCUT2D eigenvalue weighted by Crippen LogP contribution is 2.40. The fourth-order valence-corrected chi connectivity index (χ4v) is 3.12. The molecule has 7 heteroatoms. The van der Waals surface area contributed by atoms with Crippen LogP contribution in [-0.4, -0.2) is 33.4 Å². The van der Waals surface area contributed by atoms with Crippen LogP contribution < -0.4 is 5.32 Å². The lowest BCUT2D eigenvalue weighted by Gasteiger charge is -2.18. The Morgan fingerprint density at radius 3 is 2.67 bits per heavy atom. The van der Waals surface area contributed by atoms with E-state index < -0.39 is 0 Å². The van der Waals surface area contributed by atoms with Gasteiger partial charge in [0.05, 0.1) is 10.9 Å². The Balaban J connectivity index is 1.68. The first-order valence-corrected chi connectivity index (χ1v) is 8.88. The number of aromatic nitrogens is 2. The third kappa shape index (κ3) is 3.37. The van der Waals surface area contributed by atoms with Gasteiger partial charge in [-0.1, -0.05) is 12.1 Å². The van der Waals surface area contributed by atoms with Gasteiger partial charge in [0, 0.05) is 19.1 Å². The Morgan fingerprint density at radius 2 is 2.00 bits per heavy atom. The molecule has 2 aromatic heterocycles. The number of nitrogens with zero attached hydrogens (tertiary/aromatic N) is 3. The van der Waals surface area contributed by atoms with Crippen molar-refractivity contribution in [3.8, 4) is 0 Å². The summed E-state index contributed by atoms with van der Waals surface area (Å²) in [6, 6.07) is 6.11. The van der Waals surface area contributed by atoms with Crippen molar-refractivity contribution in [2.45, 2.75) is 38.8 Å². The molecule has 0 atom stereocenters. The van der Waals surface area contributed by atoms with Gasteiger partial charge in [-0.2, -0.15) is 0 Å². The molecule has 2 heterocycles. The van der Waals surface area contributed by atoms with Crippen LogP contribution in [0.15, 0.2) is 35.0 Å². The van der Waals surface area contributed by atoms with Gasteiger partial charge in [0.25, 0.3) is 5.91 Å². The molecule has 4 rings (SSSR count). The Hall–Kier alpha value is -2.96. The second kappa shape index (κ2) is 6.33. The van der Waals surface area contributed by atoms with Crippen LogP contribution in [0.5, 0.6) is 0 Å². The fraction of sp³-hybridized carbons (Fsp3) is 0.350. The molecule has 0 aliphatic heterocycles. The average Bonchev–Trinajstić information content (AvgIpc) is 3.25. The highest BCUT2D eigenvalue weighted by Gasteiger charge is 2.38. The predicted octanol–water partition coefficient (Wildman–Crippen LogP) is 3.91. The third-order valence-corrected chi connectivity index (χ3v) is 4.98. The van der Waals surface area contributed by atoms with Gasteiger partial charge in [-0.15, -0.1) is 0 Å². The van der Waals surface area contributed by atoms with E-state index in [9.17, 15) is 9.18 Å². The number of fused-ring (bicyclic) bond motifs is 1. The predicted molar refractivity (Wildman–Crippen MR) is 100 cm³/mol. The van der Waals surface area contributed by atoms with Crippen LogP contribution in [0, 0.1) is 12.7 Å². The van der Waals surface area contributed by atoms with Crippen molar-refractivity contribution in [2.24, 2.45) is 0 Å². The number of amides is 1. The topological polar surface area (TPSA) is 71.3 Å². The van der Waals surface area contributed by atoms with E-state index in [1.807, 2.05) is 0 Å². The number of hydrogen-bond donors (Lipinski definition) is 1. The maximum Gasteiger partial charge on any atom is 0.258 e. The van der Waals surface area contributed by atoms with Crippen LogP contribution in [0.2, 0.25) is 0 Å². The first-order chi connectivity index (χ1) is 12.9. The molecule has 1 aromatic carbocycles. The Kier molecular flexibility index (Phi) is 4.09. The quantitative estimate of drug-likeness (QED) is 0.739. The normalized spacial score (nSPS) is 15.0. The van der Waals surface area contributed by atoms with Crippen molar-refractivity contribution in [1.82, 2.24) is 14.9 Å². The molecule has 0 saturated heterocycles. The molecule has 0 radical (unpaired) electrons. The summed E-state index contributed by atoms with van der Waals surface area (Å²) in [5, 5.41) is 4.03. The van der Waals surface area contributed by atoms with Crippen LogP contribution in [0.4, 0.5) is 10.2 Å². The first kappa shape index (κ1) is 17.5. The molecule has 1 aliphatic carbocycles. The molecule has 0 bridgehead atoms. The zero-order chi connectivity index (χ0) is 19.2. The van der Waals surface area contributed by atoms with Gasteiger partial charge in [-0.25, -0.2) is 14.4 Å². The summed E-state index contributed by atoms with van der Waals surface area (Å²) in [5.41, 5.74) is 1.71. The van der Waals surface area contributed by atoms with E-state index in [-0.39, 0.29) is 17.3 Å². The average molecular weight is 368 g/mol. The highest BCUT2D eigenvalue weighted by molar-refractivity contribution is 6.10. The number of carbonyl (C=O) groups excluding carboxylic acids is 1. The van der Waals surface area contributed by atoms with E-state index in [1.165, 1.54) is 18.5 Å². The molecule has 0 spiro atoms. The largest absolute Gasteiger partial charge is 0.442 e. The number of benzene rings is 1. The molecule has 27 heavy (non-hydrogen) atoms. The standard InChI is InChI=1S/C20H21FN4O2/c1-12-15(19(26)25(3)10-13-4-6-14(21)7-5-13)16-17(24-20(2)8-9-20)22-11-23-18(16)27-12/h4-7,11H,8-10H2,1-3H3,(H,22,23,24). The Bertz CT molecular complexity index is 1010. The summed E-state index contributed by atoms with van der Waals surface area (Å²) in [6.45, 7) is 4.23. The van der Waals surface area contributed by atoms with E-state index in [0.29, 0.717) is 34.8 Å². The minimum atomic E-state index is -0.300. The van der Waals surface area contributed by atoms with Gasteiger partial charge in [0.2, 0.25) is 5.71 Å². The van der Waals surface area contributed by atoms with Gasteiger partial charge in [0.15, 0.2) is 0 Å². The monoisotopic (exact) mass is 368 g/mol. The molecular formula is C20H21FN4O2. The minimum Gasteiger partial charge on any atom is -0.442 e. The lowest BCUT2D eigenvalue weighted by atomic mass is 10.1. The van der Waals surface area contributed by atoms with Crippen molar-refractivity contribution < 1.29 is 13.6 Å². The molecular weight excluding hydrogens is 347 g/mol. The van der Waals surface area contributed by atoms with Crippen LogP contribution >= 0.6 is 0 Å². The van der Waals surface area contributed by atoms with E-state index in [2.05, 4.69) is 22.2 Å². The van der Waals surface area contributed by atoms with Crippen molar-refractivity contribution in [3.05, 3.63) is 53.3 Å². The molecule has 0 unspecified atom stereocenters. The van der Waals surface area contributed by atoms with E-state index in [0.717, 1.165) is 18.4 Å². The maximum absolute atomic E-state index is 13.2. The van der Waals surface area contributed by atoms with Gasteiger partial charge in [0.1, 0.15) is 23.7 Å². The lowest BCUT2D eigenvalue weighted by Crippen LogP contribution is -2.27. The van der Waals surface area contributed by atoms with E-state index >= 15 is 0 Å². The molecule has 1 N–H and O–H groups in total. The van der Waals surface area contributed by atoms with Crippen molar-refractivity contribution in [3.63, 3.8) is 0 Å². The molecule has 1 aliphatic rings. The second-order valence-electron chi connectivity index (χ2n) is 7.41. The minimum absolute atomic E-state index is 0.00674. The number of carbonyl (C=O) groups is 1. The summed E-state index contributed by atoms with van der Waals surface area (Å²) >= 11 is 0. The molecule has 3 aromatic rings. The molecule has 1 amide bonds. The summed E-state index contributed by atoms with van der Waals surface area (Å²) in [6.07, 6.45) is 3.56. The molecule has 1 saturated carbocycles. The molecule has 1 fully saturated rings. The number of aryl methyl sites for hydroxylation is 1. The molecule has 140 valence electrons. The van der Waals surface area contributed by atoms with Crippen molar-refractivity contribution >= 4 is 22.8 Å². The van der Waals surface area contributed by atoms with Crippen LogP contribution in [0.3, 0.4) is 0 Å². The van der Waals surface area contributed by atoms with Crippen LogP contribution in [-0.2, 0) is 6.54 Å². The Labute approximate surface area is 156 Å². The fourth-order valence-electron chi connectivity index (χ4n) is 3.12. The van der Waals surface area contributed by atoms with Crippen molar-refractivity contribution in [1.29, 1.82) is 0 Å². The van der Waals surface area contributed by atoms with E-state index in [1.54, 1.807) is 31.0 Å². The lowest BCUT2D eigenvalue weighted by molar-refractivity contribution is 0.0785. The Morgan fingerprint density at radius 1 is 1.30 bits per heavy atom. The zero-order valence-electron chi connectivity index (χ0n) is 15.5. The van der Waals surface area contributed by atoms with Crippen LogP contribution in [0.1, 0.15) is 41.4 Å². The first-order valence-electron chi connectivity index (χ1n) is 8.88. The van der Waals surface area contributed by atoms with E-state index in [4.69, 9.17) is 4.42 Å². The van der Waals surface area contributed by atoms with Crippen LogP contribution in [0.25, 0.3) is 11.1 Å². The van der Waals surface area contributed by atoms with Gasteiger partial charge >= 0.3 is 0 Å². The number of furan rings is 1. The number of rotatable bonds is 5. The number of halogens is 1.